The highest BCUT2D eigenvalue weighted by Crippen LogP contribution is 2.30. The molecule has 2 aliphatic rings. The van der Waals surface area contributed by atoms with Crippen LogP contribution in [0.15, 0.2) is 0 Å². The third-order valence-corrected chi connectivity index (χ3v) is 6.85. The zero-order valence-electron chi connectivity index (χ0n) is 11.2. The Morgan fingerprint density at radius 1 is 1.50 bits per heavy atom. The molecule has 0 saturated carbocycles. The van der Waals surface area contributed by atoms with Gasteiger partial charge in [0.15, 0.2) is 0 Å². The van der Waals surface area contributed by atoms with Crippen molar-refractivity contribution in [2.24, 2.45) is 5.41 Å². The predicted molar refractivity (Wildman–Crippen MR) is 81.4 cm³/mol. The van der Waals surface area contributed by atoms with Gasteiger partial charge in [-0.25, -0.2) is 0 Å². The normalized spacial score (nSPS) is 33.1. The van der Waals surface area contributed by atoms with E-state index < -0.39 is 0 Å². The third-order valence-electron chi connectivity index (χ3n) is 4.01. The Balaban J connectivity index is 1.81. The standard InChI is InChI=1S/C13H24N2OS2/c1-2-13(4-3-5-14-10-13)12(16)15-8-11-9-17-6-7-18-11/h11,14H,2-10H2,1H3,(H,15,16). The summed E-state index contributed by atoms with van der Waals surface area (Å²) in [5.41, 5.74) is -0.148. The van der Waals surface area contributed by atoms with Crippen LogP contribution in [0, 0.1) is 5.41 Å². The molecule has 2 N–H and O–H groups in total. The molecular weight excluding hydrogens is 264 g/mol. The van der Waals surface area contributed by atoms with Crippen molar-refractivity contribution in [3.05, 3.63) is 0 Å². The van der Waals surface area contributed by atoms with Crippen LogP contribution < -0.4 is 10.6 Å². The summed E-state index contributed by atoms with van der Waals surface area (Å²) in [6.45, 7) is 4.89. The summed E-state index contributed by atoms with van der Waals surface area (Å²) in [5.74, 6) is 3.94. The van der Waals surface area contributed by atoms with Crippen LogP contribution in [0.4, 0.5) is 0 Å². The van der Waals surface area contributed by atoms with Gasteiger partial charge in [-0.15, -0.1) is 0 Å². The second-order valence-corrected chi connectivity index (χ2v) is 7.75. The Hall–Kier alpha value is 0.130. The minimum atomic E-state index is -0.148. The summed E-state index contributed by atoms with van der Waals surface area (Å²) in [5, 5.41) is 7.19. The number of amides is 1. The Kier molecular flexibility index (Phi) is 5.70. The van der Waals surface area contributed by atoms with E-state index in [1.165, 1.54) is 17.3 Å². The van der Waals surface area contributed by atoms with E-state index in [4.69, 9.17) is 0 Å². The Labute approximate surface area is 119 Å². The van der Waals surface area contributed by atoms with Crippen molar-refractivity contribution in [1.29, 1.82) is 0 Å². The molecule has 0 spiro atoms. The summed E-state index contributed by atoms with van der Waals surface area (Å²) in [6.07, 6.45) is 3.10. The van der Waals surface area contributed by atoms with E-state index in [1.807, 2.05) is 23.5 Å². The maximum absolute atomic E-state index is 12.4. The molecule has 2 fully saturated rings. The van der Waals surface area contributed by atoms with Crippen molar-refractivity contribution in [2.75, 3.05) is 36.9 Å². The molecule has 2 rings (SSSR count). The van der Waals surface area contributed by atoms with Gasteiger partial charge in [-0.3, -0.25) is 4.79 Å². The van der Waals surface area contributed by atoms with Crippen molar-refractivity contribution in [2.45, 2.75) is 31.4 Å². The monoisotopic (exact) mass is 288 g/mol. The maximum atomic E-state index is 12.4. The molecule has 2 unspecified atom stereocenters. The van der Waals surface area contributed by atoms with E-state index in [2.05, 4.69) is 17.6 Å². The van der Waals surface area contributed by atoms with Crippen LogP contribution in [-0.4, -0.2) is 48.0 Å². The average molecular weight is 288 g/mol. The van der Waals surface area contributed by atoms with Gasteiger partial charge in [0, 0.05) is 35.6 Å². The first-order valence-corrected chi connectivity index (χ1v) is 9.15. The highest BCUT2D eigenvalue weighted by atomic mass is 32.2. The second-order valence-electron chi connectivity index (χ2n) is 5.19. The van der Waals surface area contributed by atoms with E-state index in [1.54, 1.807) is 0 Å². The summed E-state index contributed by atoms with van der Waals surface area (Å²) in [4.78, 5) is 12.4. The van der Waals surface area contributed by atoms with E-state index in [0.717, 1.165) is 38.9 Å². The molecule has 1 amide bonds. The number of hydrogen-bond donors (Lipinski definition) is 2. The first kappa shape index (κ1) is 14.5. The second kappa shape index (κ2) is 7.06. The van der Waals surface area contributed by atoms with Crippen LogP contribution in [-0.2, 0) is 4.79 Å². The van der Waals surface area contributed by atoms with Crippen LogP contribution >= 0.6 is 23.5 Å². The van der Waals surface area contributed by atoms with Gasteiger partial charge in [0.1, 0.15) is 0 Å². The molecule has 3 nitrogen and oxygen atoms in total. The number of carbonyl (C=O) groups is 1. The molecule has 2 saturated heterocycles. The number of nitrogens with one attached hydrogen (secondary N) is 2. The van der Waals surface area contributed by atoms with Gasteiger partial charge in [0.2, 0.25) is 5.91 Å². The van der Waals surface area contributed by atoms with Crippen molar-refractivity contribution >= 4 is 29.4 Å². The van der Waals surface area contributed by atoms with Gasteiger partial charge in [-0.1, -0.05) is 6.92 Å². The molecule has 5 heteroatoms. The molecule has 2 heterocycles. The highest BCUT2D eigenvalue weighted by molar-refractivity contribution is 8.06. The Bertz CT molecular complexity index is 274. The average Bonchev–Trinajstić information content (AvgIpc) is 2.46. The van der Waals surface area contributed by atoms with Crippen LogP contribution in [0.2, 0.25) is 0 Å². The largest absolute Gasteiger partial charge is 0.354 e. The van der Waals surface area contributed by atoms with E-state index >= 15 is 0 Å². The molecule has 0 radical (unpaired) electrons. The SMILES string of the molecule is CCC1(C(=O)NCC2CSCCS2)CCCNC1. The first-order chi connectivity index (χ1) is 8.77. The number of thioether (sulfide) groups is 2. The summed E-state index contributed by atoms with van der Waals surface area (Å²) >= 11 is 4.02. The van der Waals surface area contributed by atoms with Gasteiger partial charge in [0.25, 0.3) is 0 Å². The van der Waals surface area contributed by atoms with E-state index in [-0.39, 0.29) is 11.3 Å². The van der Waals surface area contributed by atoms with E-state index in [9.17, 15) is 4.79 Å². The van der Waals surface area contributed by atoms with Crippen molar-refractivity contribution < 1.29 is 4.79 Å². The first-order valence-electron chi connectivity index (χ1n) is 6.95. The van der Waals surface area contributed by atoms with Crippen molar-refractivity contribution in [1.82, 2.24) is 10.6 Å². The maximum Gasteiger partial charge on any atom is 0.227 e. The summed E-state index contributed by atoms with van der Waals surface area (Å²) < 4.78 is 0. The smallest absolute Gasteiger partial charge is 0.227 e. The number of piperidine rings is 1. The fourth-order valence-electron chi connectivity index (χ4n) is 2.67. The quantitative estimate of drug-likeness (QED) is 0.827. The number of hydrogen-bond acceptors (Lipinski definition) is 4. The Morgan fingerprint density at radius 3 is 3.00 bits per heavy atom. The third kappa shape index (κ3) is 3.58. The minimum Gasteiger partial charge on any atom is -0.354 e. The zero-order valence-corrected chi connectivity index (χ0v) is 12.8. The van der Waals surface area contributed by atoms with Crippen molar-refractivity contribution in [3.8, 4) is 0 Å². The molecular formula is C13H24N2OS2. The van der Waals surface area contributed by atoms with Gasteiger partial charge >= 0.3 is 0 Å². The lowest BCUT2D eigenvalue weighted by Gasteiger charge is -2.36. The van der Waals surface area contributed by atoms with Crippen LogP contribution in [0.1, 0.15) is 26.2 Å². The minimum absolute atomic E-state index is 0.148. The van der Waals surface area contributed by atoms with Gasteiger partial charge in [-0.2, -0.15) is 23.5 Å². The van der Waals surface area contributed by atoms with E-state index in [0.29, 0.717) is 5.25 Å². The molecule has 2 atom stereocenters. The molecule has 0 aromatic heterocycles. The molecule has 2 aliphatic heterocycles. The summed E-state index contributed by atoms with van der Waals surface area (Å²) in [6, 6.07) is 0. The van der Waals surface area contributed by atoms with Crippen LogP contribution in [0.5, 0.6) is 0 Å². The van der Waals surface area contributed by atoms with Crippen molar-refractivity contribution in [3.63, 3.8) is 0 Å². The highest BCUT2D eigenvalue weighted by Gasteiger charge is 2.37. The molecule has 18 heavy (non-hydrogen) atoms. The lowest BCUT2D eigenvalue weighted by Crippen LogP contribution is -2.51. The van der Waals surface area contributed by atoms with Crippen LogP contribution in [0.25, 0.3) is 0 Å². The fourth-order valence-corrected chi connectivity index (χ4v) is 5.28. The number of rotatable bonds is 4. The number of carbonyl (C=O) groups excluding carboxylic acids is 1. The Morgan fingerprint density at radius 2 is 2.39 bits per heavy atom. The molecule has 104 valence electrons. The molecule has 0 aromatic carbocycles. The molecule has 0 bridgehead atoms. The van der Waals surface area contributed by atoms with Crippen LogP contribution in [0.3, 0.4) is 0 Å². The predicted octanol–water partition coefficient (Wildman–Crippen LogP) is 1.73. The molecule has 0 aliphatic carbocycles. The zero-order chi connectivity index (χ0) is 12.8. The topological polar surface area (TPSA) is 41.1 Å². The van der Waals surface area contributed by atoms with Gasteiger partial charge in [-0.05, 0) is 25.8 Å². The van der Waals surface area contributed by atoms with Gasteiger partial charge in [0.05, 0.1) is 5.41 Å². The lowest BCUT2D eigenvalue weighted by atomic mass is 9.77. The lowest BCUT2D eigenvalue weighted by molar-refractivity contribution is -0.132. The van der Waals surface area contributed by atoms with Gasteiger partial charge < -0.3 is 10.6 Å². The fraction of sp³-hybridized carbons (Fsp3) is 0.923. The molecule has 0 aromatic rings. The summed E-state index contributed by atoms with van der Waals surface area (Å²) in [7, 11) is 0.